The van der Waals surface area contributed by atoms with Crippen molar-refractivity contribution in [1.29, 1.82) is 0 Å². The van der Waals surface area contributed by atoms with Crippen LogP contribution < -0.4 is 5.32 Å². The molecule has 0 radical (unpaired) electrons. The Labute approximate surface area is 119 Å². The van der Waals surface area contributed by atoms with Gasteiger partial charge in [0.1, 0.15) is 0 Å². The highest BCUT2D eigenvalue weighted by atomic mass is 16.1. The molecule has 2 aromatic carbocycles. The summed E-state index contributed by atoms with van der Waals surface area (Å²) in [6, 6.07) is 20.2. The summed E-state index contributed by atoms with van der Waals surface area (Å²) in [6.45, 7) is 0.951. The first kappa shape index (κ1) is 13.1. The molecule has 0 amide bonds. The van der Waals surface area contributed by atoms with Crippen LogP contribution in [0.25, 0.3) is 0 Å². The van der Waals surface area contributed by atoms with Gasteiger partial charge in [-0.05, 0) is 30.5 Å². The second kappa shape index (κ2) is 6.02. The Bertz CT molecular complexity index is 519. The number of hydrogen-bond acceptors (Lipinski definition) is 2. The van der Waals surface area contributed by atoms with Gasteiger partial charge >= 0.3 is 0 Å². The van der Waals surface area contributed by atoms with E-state index in [1.165, 1.54) is 0 Å². The Kier molecular flexibility index (Phi) is 3.93. The Balaban J connectivity index is 1.97. The second-order valence-electron chi connectivity index (χ2n) is 5.31. The third-order valence-corrected chi connectivity index (χ3v) is 3.95. The van der Waals surface area contributed by atoms with Gasteiger partial charge in [0.05, 0.1) is 12.0 Å². The summed E-state index contributed by atoms with van der Waals surface area (Å²) in [5.74, 6) is 0.132. The molecule has 1 saturated heterocycles. The number of carbonyl (C=O) groups excluding carboxylic acids is 1. The van der Waals surface area contributed by atoms with Crippen LogP contribution in [0.15, 0.2) is 60.7 Å². The molecule has 0 bridgehead atoms. The molecule has 2 aromatic rings. The summed E-state index contributed by atoms with van der Waals surface area (Å²) in [7, 11) is 0. The zero-order valence-corrected chi connectivity index (χ0v) is 11.5. The number of benzene rings is 2. The van der Waals surface area contributed by atoms with Crippen molar-refractivity contribution in [2.24, 2.45) is 0 Å². The molecule has 0 aromatic heterocycles. The van der Waals surface area contributed by atoms with Crippen LogP contribution in [-0.4, -0.2) is 18.4 Å². The first-order chi connectivity index (χ1) is 9.86. The highest BCUT2D eigenvalue weighted by molar-refractivity contribution is 5.93. The number of rotatable bonds is 4. The van der Waals surface area contributed by atoms with E-state index in [1.807, 2.05) is 60.7 Å². The van der Waals surface area contributed by atoms with Crippen LogP contribution in [0.4, 0.5) is 0 Å². The summed E-state index contributed by atoms with van der Waals surface area (Å²) in [6.07, 6.45) is 2.04. The smallest absolute Gasteiger partial charge is 0.161 e. The molecule has 2 heteroatoms. The largest absolute Gasteiger partial charge is 0.307 e. The molecule has 0 saturated carbocycles. The van der Waals surface area contributed by atoms with Gasteiger partial charge in [-0.15, -0.1) is 0 Å². The average molecular weight is 265 g/mol. The zero-order chi connectivity index (χ0) is 13.8. The molecule has 0 unspecified atom stereocenters. The minimum atomic E-state index is -0.159. The standard InChI is InChI=1S/C18H19NO/c20-18(16-12-7-13-19-16)17(14-8-3-1-4-9-14)15-10-5-2-6-11-15/h1-6,8-11,16-17,19H,7,12-13H2/t16-/m0/s1. The molecule has 1 heterocycles. The van der Waals surface area contributed by atoms with Crippen molar-refractivity contribution in [1.82, 2.24) is 5.32 Å². The molecule has 1 aliphatic rings. The predicted octanol–water partition coefficient (Wildman–Crippen LogP) is 3.14. The van der Waals surface area contributed by atoms with E-state index in [9.17, 15) is 4.79 Å². The molecule has 2 nitrogen and oxygen atoms in total. The van der Waals surface area contributed by atoms with Crippen molar-refractivity contribution in [3.63, 3.8) is 0 Å². The molecule has 1 aliphatic heterocycles. The number of nitrogens with one attached hydrogen (secondary N) is 1. The lowest BCUT2D eigenvalue weighted by atomic mass is 9.84. The Morgan fingerprint density at radius 2 is 1.50 bits per heavy atom. The van der Waals surface area contributed by atoms with Crippen LogP contribution in [0.5, 0.6) is 0 Å². The van der Waals surface area contributed by atoms with Crippen molar-refractivity contribution < 1.29 is 4.79 Å². The lowest BCUT2D eigenvalue weighted by Gasteiger charge is -2.20. The molecule has 1 fully saturated rings. The first-order valence-corrected chi connectivity index (χ1v) is 7.23. The van der Waals surface area contributed by atoms with E-state index in [1.54, 1.807) is 0 Å². The number of carbonyl (C=O) groups is 1. The van der Waals surface area contributed by atoms with Crippen molar-refractivity contribution in [3.05, 3.63) is 71.8 Å². The maximum absolute atomic E-state index is 12.9. The lowest BCUT2D eigenvalue weighted by molar-refractivity contribution is -0.121. The topological polar surface area (TPSA) is 29.1 Å². The van der Waals surface area contributed by atoms with Gasteiger partial charge in [0.2, 0.25) is 0 Å². The minimum absolute atomic E-state index is 0.000382. The van der Waals surface area contributed by atoms with Crippen LogP contribution in [0, 0.1) is 0 Å². The van der Waals surface area contributed by atoms with E-state index in [-0.39, 0.29) is 12.0 Å². The van der Waals surface area contributed by atoms with Crippen LogP contribution >= 0.6 is 0 Å². The van der Waals surface area contributed by atoms with E-state index in [2.05, 4.69) is 5.32 Å². The van der Waals surface area contributed by atoms with Crippen molar-refractivity contribution >= 4 is 5.78 Å². The second-order valence-corrected chi connectivity index (χ2v) is 5.31. The quantitative estimate of drug-likeness (QED) is 0.920. The fraction of sp³-hybridized carbons (Fsp3) is 0.278. The van der Waals surface area contributed by atoms with Gasteiger partial charge in [0.15, 0.2) is 5.78 Å². The van der Waals surface area contributed by atoms with Gasteiger partial charge < -0.3 is 5.32 Å². The molecule has 102 valence electrons. The zero-order valence-electron chi connectivity index (χ0n) is 11.5. The highest BCUT2D eigenvalue weighted by Gasteiger charge is 2.30. The molecule has 1 atom stereocenters. The molecular weight excluding hydrogens is 246 g/mol. The summed E-state index contributed by atoms with van der Waals surface area (Å²) in [4.78, 5) is 12.9. The molecular formula is C18H19NO. The molecule has 0 spiro atoms. The SMILES string of the molecule is O=C(C(c1ccccc1)c1ccccc1)[C@@H]1CCCN1. The fourth-order valence-electron chi connectivity index (χ4n) is 2.94. The van der Waals surface area contributed by atoms with Crippen LogP contribution in [0.3, 0.4) is 0 Å². The average Bonchev–Trinajstić information content (AvgIpc) is 3.04. The maximum atomic E-state index is 12.9. The number of Topliss-reactive ketones (excluding diaryl/α,β-unsaturated/α-hetero) is 1. The van der Waals surface area contributed by atoms with Crippen LogP contribution in [0.1, 0.15) is 29.9 Å². The van der Waals surface area contributed by atoms with Gasteiger partial charge in [0, 0.05) is 0 Å². The van der Waals surface area contributed by atoms with Gasteiger partial charge in [-0.25, -0.2) is 0 Å². The van der Waals surface area contributed by atoms with E-state index in [0.717, 1.165) is 30.5 Å². The molecule has 1 N–H and O–H groups in total. The van der Waals surface area contributed by atoms with Crippen LogP contribution in [-0.2, 0) is 4.79 Å². The fourth-order valence-corrected chi connectivity index (χ4v) is 2.94. The van der Waals surface area contributed by atoms with Gasteiger partial charge in [0.25, 0.3) is 0 Å². The summed E-state index contributed by atoms with van der Waals surface area (Å²) < 4.78 is 0. The van der Waals surface area contributed by atoms with Gasteiger partial charge in [-0.3, -0.25) is 4.79 Å². The Morgan fingerprint density at radius 3 is 1.95 bits per heavy atom. The van der Waals surface area contributed by atoms with Gasteiger partial charge in [-0.1, -0.05) is 60.7 Å². The number of ketones is 1. The maximum Gasteiger partial charge on any atom is 0.161 e. The van der Waals surface area contributed by atoms with E-state index >= 15 is 0 Å². The third-order valence-electron chi connectivity index (χ3n) is 3.95. The van der Waals surface area contributed by atoms with Gasteiger partial charge in [-0.2, -0.15) is 0 Å². The summed E-state index contributed by atoms with van der Waals surface area (Å²) in [5.41, 5.74) is 2.16. The molecule has 3 rings (SSSR count). The Hall–Kier alpha value is -1.93. The first-order valence-electron chi connectivity index (χ1n) is 7.23. The lowest BCUT2D eigenvalue weighted by Crippen LogP contribution is -2.35. The van der Waals surface area contributed by atoms with Crippen LogP contribution in [0.2, 0.25) is 0 Å². The van der Waals surface area contributed by atoms with E-state index in [4.69, 9.17) is 0 Å². The highest BCUT2D eigenvalue weighted by Crippen LogP contribution is 2.28. The van der Waals surface area contributed by atoms with E-state index < -0.39 is 0 Å². The molecule has 0 aliphatic carbocycles. The van der Waals surface area contributed by atoms with Crippen molar-refractivity contribution in [2.45, 2.75) is 24.8 Å². The molecule has 20 heavy (non-hydrogen) atoms. The van der Waals surface area contributed by atoms with E-state index in [0.29, 0.717) is 5.78 Å². The summed E-state index contributed by atoms with van der Waals surface area (Å²) in [5, 5.41) is 3.33. The van der Waals surface area contributed by atoms with Crippen molar-refractivity contribution in [3.8, 4) is 0 Å². The third kappa shape index (κ3) is 2.66. The van der Waals surface area contributed by atoms with Crippen molar-refractivity contribution in [2.75, 3.05) is 6.54 Å². The summed E-state index contributed by atoms with van der Waals surface area (Å²) >= 11 is 0. The Morgan fingerprint density at radius 1 is 0.950 bits per heavy atom. The monoisotopic (exact) mass is 265 g/mol. The predicted molar refractivity (Wildman–Crippen MR) is 80.8 cm³/mol. The minimum Gasteiger partial charge on any atom is -0.307 e. The normalized spacial score (nSPS) is 18.4. The number of hydrogen-bond donors (Lipinski definition) is 1.